The molecule has 2 amide bonds. The maximum atomic E-state index is 12.0. The minimum Gasteiger partial charge on any atom is -0.366 e. The molecule has 0 saturated carbocycles. The first-order valence-corrected chi connectivity index (χ1v) is 5.48. The Labute approximate surface area is 99.1 Å². The number of rotatable bonds is 3. The van der Waals surface area contributed by atoms with Crippen LogP contribution >= 0.6 is 0 Å². The van der Waals surface area contributed by atoms with Gasteiger partial charge in [0.15, 0.2) is 0 Å². The van der Waals surface area contributed by atoms with Crippen molar-refractivity contribution in [1.29, 1.82) is 0 Å². The minimum atomic E-state index is -0.525. The second-order valence-corrected chi connectivity index (χ2v) is 3.83. The Balaban J connectivity index is 2.35. The molecule has 5 nitrogen and oxygen atoms in total. The molecule has 1 aromatic carbocycles. The summed E-state index contributed by atoms with van der Waals surface area (Å²) in [5, 5.41) is 1.31. The van der Waals surface area contributed by atoms with Gasteiger partial charge in [-0.3, -0.25) is 14.4 Å². The van der Waals surface area contributed by atoms with Crippen LogP contribution in [-0.4, -0.2) is 30.0 Å². The van der Waals surface area contributed by atoms with E-state index in [-0.39, 0.29) is 12.5 Å². The van der Waals surface area contributed by atoms with E-state index in [0.717, 1.165) is 0 Å². The number of primary amides is 1. The molecule has 2 rings (SSSR count). The molecule has 0 radical (unpaired) electrons. The van der Waals surface area contributed by atoms with Crippen LogP contribution in [0.5, 0.6) is 0 Å². The van der Waals surface area contributed by atoms with Crippen LogP contribution in [0.3, 0.4) is 0 Å². The summed E-state index contributed by atoms with van der Waals surface area (Å²) in [6.07, 6.45) is 0. The van der Waals surface area contributed by atoms with E-state index in [1.165, 1.54) is 5.06 Å². The zero-order valence-corrected chi connectivity index (χ0v) is 9.55. The molecule has 1 aromatic rings. The number of hydrogen-bond acceptors (Lipinski definition) is 3. The zero-order valence-electron chi connectivity index (χ0n) is 9.55. The van der Waals surface area contributed by atoms with Gasteiger partial charge in [-0.05, 0) is 18.6 Å². The van der Waals surface area contributed by atoms with Crippen molar-refractivity contribution in [2.75, 3.05) is 13.2 Å². The zero-order chi connectivity index (χ0) is 12.4. The SMILES string of the molecule is CCN1OC[C@@H](c2ccccc2C(N)=O)C1=O. The highest BCUT2D eigenvalue weighted by atomic mass is 16.7. The largest absolute Gasteiger partial charge is 0.366 e. The van der Waals surface area contributed by atoms with Crippen LogP contribution in [0.25, 0.3) is 0 Å². The summed E-state index contributed by atoms with van der Waals surface area (Å²) in [7, 11) is 0. The van der Waals surface area contributed by atoms with Crippen LogP contribution in [0, 0.1) is 0 Å². The fourth-order valence-electron chi connectivity index (χ4n) is 1.97. The number of amides is 2. The third-order valence-electron chi connectivity index (χ3n) is 2.83. The number of hydroxylamine groups is 2. The van der Waals surface area contributed by atoms with Crippen molar-refractivity contribution in [3.8, 4) is 0 Å². The van der Waals surface area contributed by atoms with Crippen molar-refractivity contribution in [2.45, 2.75) is 12.8 Å². The molecule has 0 aliphatic carbocycles. The molecular weight excluding hydrogens is 220 g/mol. The van der Waals surface area contributed by atoms with E-state index in [9.17, 15) is 9.59 Å². The van der Waals surface area contributed by atoms with Gasteiger partial charge in [0.25, 0.3) is 5.91 Å². The van der Waals surface area contributed by atoms with E-state index in [1.807, 2.05) is 6.92 Å². The van der Waals surface area contributed by atoms with Gasteiger partial charge in [0.05, 0.1) is 12.5 Å². The van der Waals surface area contributed by atoms with Crippen molar-refractivity contribution in [3.05, 3.63) is 35.4 Å². The van der Waals surface area contributed by atoms with Crippen LogP contribution < -0.4 is 5.73 Å². The molecule has 1 atom stereocenters. The summed E-state index contributed by atoms with van der Waals surface area (Å²) in [4.78, 5) is 28.5. The van der Waals surface area contributed by atoms with E-state index < -0.39 is 11.8 Å². The third-order valence-corrected chi connectivity index (χ3v) is 2.83. The second kappa shape index (κ2) is 4.55. The van der Waals surface area contributed by atoms with Gasteiger partial charge < -0.3 is 5.73 Å². The molecule has 1 aliphatic rings. The highest BCUT2D eigenvalue weighted by molar-refractivity contribution is 5.97. The summed E-state index contributed by atoms with van der Waals surface area (Å²) in [6.45, 7) is 2.59. The maximum Gasteiger partial charge on any atom is 0.256 e. The molecule has 1 fully saturated rings. The van der Waals surface area contributed by atoms with Gasteiger partial charge in [0, 0.05) is 12.1 Å². The molecular formula is C12H14N2O3. The van der Waals surface area contributed by atoms with Crippen molar-refractivity contribution in [1.82, 2.24) is 5.06 Å². The van der Waals surface area contributed by atoms with Gasteiger partial charge in [0.1, 0.15) is 0 Å². The van der Waals surface area contributed by atoms with Crippen LogP contribution in [0.15, 0.2) is 24.3 Å². The molecule has 1 aliphatic heterocycles. The molecule has 1 saturated heterocycles. The van der Waals surface area contributed by atoms with Crippen molar-refractivity contribution >= 4 is 11.8 Å². The van der Waals surface area contributed by atoms with E-state index in [2.05, 4.69) is 0 Å². The third kappa shape index (κ3) is 2.01. The topological polar surface area (TPSA) is 72.6 Å². The summed E-state index contributed by atoms with van der Waals surface area (Å²) in [6, 6.07) is 6.87. The predicted octanol–water partition coefficient (Wildman–Crippen LogP) is 0.663. The molecule has 5 heteroatoms. The maximum absolute atomic E-state index is 12.0. The van der Waals surface area contributed by atoms with E-state index in [0.29, 0.717) is 17.7 Å². The summed E-state index contributed by atoms with van der Waals surface area (Å²) >= 11 is 0. The van der Waals surface area contributed by atoms with E-state index in [1.54, 1.807) is 24.3 Å². The van der Waals surface area contributed by atoms with Gasteiger partial charge in [-0.1, -0.05) is 18.2 Å². The molecule has 2 N–H and O–H groups in total. The lowest BCUT2D eigenvalue weighted by molar-refractivity contribution is -0.160. The Morgan fingerprint density at radius 2 is 2.24 bits per heavy atom. The number of hydrogen-bond donors (Lipinski definition) is 1. The minimum absolute atomic E-state index is 0.124. The number of carbonyl (C=O) groups is 2. The normalized spacial score (nSPS) is 19.7. The fraction of sp³-hybridized carbons (Fsp3) is 0.333. The number of carbonyl (C=O) groups excluding carboxylic acids is 2. The molecule has 0 spiro atoms. The summed E-state index contributed by atoms with van der Waals surface area (Å²) in [5.41, 5.74) is 6.31. The molecule has 0 unspecified atom stereocenters. The van der Waals surface area contributed by atoms with E-state index in [4.69, 9.17) is 10.6 Å². The second-order valence-electron chi connectivity index (χ2n) is 3.83. The number of nitrogens with zero attached hydrogens (tertiary/aromatic N) is 1. The Morgan fingerprint density at radius 3 is 2.82 bits per heavy atom. The summed E-state index contributed by atoms with van der Waals surface area (Å²) in [5.74, 6) is -1.08. The van der Waals surface area contributed by atoms with Gasteiger partial charge in [0.2, 0.25) is 5.91 Å². The lowest BCUT2D eigenvalue weighted by Crippen LogP contribution is -2.26. The van der Waals surface area contributed by atoms with Crippen molar-refractivity contribution in [3.63, 3.8) is 0 Å². The Kier molecular flexibility index (Phi) is 3.10. The average Bonchev–Trinajstić information content (AvgIpc) is 2.70. The van der Waals surface area contributed by atoms with E-state index >= 15 is 0 Å². The van der Waals surface area contributed by atoms with Crippen LogP contribution in [0.1, 0.15) is 28.8 Å². The van der Waals surface area contributed by atoms with Crippen LogP contribution in [0.4, 0.5) is 0 Å². The van der Waals surface area contributed by atoms with Gasteiger partial charge in [-0.25, -0.2) is 5.06 Å². The Bertz CT molecular complexity index is 459. The summed E-state index contributed by atoms with van der Waals surface area (Å²) < 4.78 is 0. The first-order valence-electron chi connectivity index (χ1n) is 5.48. The fourth-order valence-corrected chi connectivity index (χ4v) is 1.97. The Hall–Kier alpha value is -1.88. The lowest BCUT2D eigenvalue weighted by Gasteiger charge is -2.12. The highest BCUT2D eigenvalue weighted by Crippen LogP contribution is 2.27. The van der Waals surface area contributed by atoms with Crippen LogP contribution in [-0.2, 0) is 9.63 Å². The average molecular weight is 234 g/mol. The molecule has 90 valence electrons. The number of likely N-dealkylation sites (N-methyl/N-ethyl adjacent to an activating group) is 1. The predicted molar refractivity (Wildman–Crippen MR) is 61.0 cm³/mol. The first kappa shape index (κ1) is 11.6. The lowest BCUT2D eigenvalue weighted by atomic mass is 9.94. The first-order chi connectivity index (χ1) is 8.15. The van der Waals surface area contributed by atoms with Crippen molar-refractivity contribution in [2.24, 2.45) is 5.73 Å². The quantitative estimate of drug-likeness (QED) is 0.835. The molecule has 1 heterocycles. The number of benzene rings is 1. The standard InChI is InChI=1S/C12H14N2O3/c1-2-14-12(16)10(7-17-14)8-5-3-4-6-9(8)11(13)15/h3-6,10H,2,7H2,1H3,(H2,13,15)/t10-/m0/s1. The Morgan fingerprint density at radius 1 is 1.53 bits per heavy atom. The molecule has 17 heavy (non-hydrogen) atoms. The monoisotopic (exact) mass is 234 g/mol. The number of nitrogens with two attached hydrogens (primary N) is 1. The smallest absolute Gasteiger partial charge is 0.256 e. The van der Waals surface area contributed by atoms with Crippen LogP contribution in [0.2, 0.25) is 0 Å². The highest BCUT2D eigenvalue weighted by Gasteiger charge is 2.35. The van der Waals surface area contributed by atoms with Gasteiger partial charge in [-0.15, -0.1) is 0 Å². The molecule has 0 aromatic heterocycles. The van der Waals surface area contributed by atoms with Crippen molar-refractivity contribution < 1.29 is 14.4 Å². The molecule has 0 bridgehead atoms. The van der Waals surface area contributed by atoms with Gasteiger partial charge >= 0.3 is 0 Å². The van der Waals surface area contributed by atoms with Gasteiger partial charge in [-0.2, -0.15) is 0 Å².